The summed E-state index contributed by atoms with van der Waals surface area (Å²) in [5.41, 5.74) is 1.92. The number of amides is 2. The number of rotatable bonds is 10. The van der Waals surface area contributed by atoms with Crippen LogP contribution in [0.5, 0.6) is 0 Å². The number of urea groups is 1. The van der Waals surface area contributed by atoms with Gasteiger partial charge in [0.05, 0.1) is 5.69 Å². The first-order valence-electron chi connectivity index (χ1n) is 7.79. The molecule has 0 aromatic carbocycles. The Balaban J connectivity index is 2.28. The molecule has 0 aliphatic heterocycles. The fourth-order valence-electron chi connectivity index (χ4n) is 2.05. The predicted molar refractivity (Wildman–Crippen MR) is 83.6 cm³/mol. The van der Waals surface area contributed by atoms with Crippen molar-refractivity contribution < 1.29 is 14.7 Å². The van der Waals surface area contributed by atoms with E-state index in [0.717, 1.165) is 24.2 Å². The summed E-state index contributed by atoms with van der Waals surface area (Å²) in [6.07, 6.45) is 5.92. The van der Waals surface area contributed by atoms with E-state index in [1.807, 2.05) is 17.8 Å². The van der Waals surface area contributed by atoms with E-state index in [0.29, 0.717) is 19.5 Å². The summed E-state index contributed by atoms with van der Waals surface area (Å²) in [5, 5.41) is 18.3. The van der Waals surface area contributed by atoms with Crippen molar-refractivity contribution in [1.82, 2.24) is 20.4 Å². The van der Waals surface area contributed by atoms with Crippen LogP contribution in [0.4, 0.5) is 4.79 Å². The van der Waals surface area contributed by atoms with Gasteiger partial charge in [0.2, 0.25) is 0 Å². The van der Waals surface area contributed by atoms with E-state index < -0.39 is 5.97 Å². The van der Waals surface area contributed by atoms with Crippen LogP contribution in [0.1, 0.15) is 50.3 Å². The molecule has 1 aromatic heterocycles. The third-order valence-electron chi connectivity index (χ3n) is 3.33. The summed E-state index contributed by atoms with van der Waals surface area (Å²) >= 11 is 0. The van der Waals surface area contributed by atoms with Crippen LogP contribution in [0.15, 0.2) is 6.20 Å². The number of carbonyl (C=O) groups is 2. The van der Waals surface area contributed by atoms with Crippen LogP contribution in [0.2, 0.25) is 0 Å². The van der Waals surface area contributed by atoms with Crippen LogP contribution < -0.4 is 10.6 Å². The molecule has 1 aromatic rings. The molecule has 22 heavy (non-hydrogen) atoms. The summed E-state index contributed by atoms with van der Waals surface area (Å²) in [6.45, 7) is 5.77. The van der Waals surface area contributed by atoms with Crippen LogP contribution in [-0.4, -0.2) is 33.4 Å². The lowest BCUT2D eigenvalue weighted by molar-refractivity contribution is -0.137. The quantitative estimate of drug-likeness (QED) is 0.576. The van der Waals surface area contributed by atoms with E-state index in [-0.39, 0.29) is 12.5 Å². The van der Waals surface area contributed by atoms with Gasteiger partial charge in [-0.3, -0.25) is 9.48 Å². The number of carboxylic acids is 1. The van der Waals surface area contributed by atoms with Gasteiger partial charge >= 0.3 is 12.0 Å². The fraction of sp³-hybridized carbons (Fsp3) is 0.667. The Morgan fingerprint density at radius 1 is 1.27 bits per heavy atom. The molecule has 0 saturated carbocycles. The summed E-state index contributed by atoms with van der Waals surface area (Å²) in [5.74, 6) is -0.853. The number of unbranched alkanes of at least 4 members (excludes halogenated alkanes) is 2. The fourth-order valence-corrected chi connectivity index (χ4v) is 2.05. The normalized spacial score (nSPS) is 10.5. The van der Waals surface area contributed by atoms with Gasteiger partial charge in [0.25, 0.3) is 0 Å². The minimum absolute atomic E-state index is 0.0594. The van der Waals surface area contributed by atoms with E-state index in [9.17, 15) is 9.59 Å². The van der Waals surface area contributed by atoms with Crippen LogP contribution in [0, 0.1) is 6.92 Å². The Hall–Kier alpha value is -2.05. The van der Waals surface area contributed by atoms with Gasteiger partial charge in [-0.25, -0.2) is 4.79 Å². The predicted octanol–water partition coefficient (Wildman–Crippen LogP) is 2.05. The summed E-state index contributed by atoms with van der Waals surface area (Å²) in [7, 11) is 0. The molecule has 7 nitrogen and oxygen atoms in total. The van der Waals surface area contributed by atoms with Crippen LogP contribution in [0.3, 0.4) is 0 Å². The highest BCUT2D eigenvalue weighted by atomic mass is 16.4. The monoisotopic (exact) mass is 310 g/mol. The first-order chi connectivity index (χ1) is 10.5. The molecule has 7 heteroatoms. The van der Waals surface area contributed by atoms with Gasteiger partial charge in [-0.15, -0.1) is 0 Å². The van der Waals surface area contributed by atoms with Crippen molar-refractivity contribution in [3.8, 4) is 0 Å². The van der Waals surface area contributed by atoms with Gasteiger partial charge < -0.3 is 15.7 Å². The number of carbonyl (C=O) groups excluding carboxylic acids is 1. The Morgan fingerprint density at radius 3 is 2.73 bits per heavy atom. The lowest BCUT2D eigenvalue weighted by atomic mass is 10.2. The summed E-state index contributed by atoms with van der Waals surface area (Å²) < 4.78 is 1.92. The van der Waals surface area contributed by atoms with Gasteiger partial charge in [-0.05, 0) is 19.8 Å². The second-order valence-electron chi connectivity index (χ2n) is 5.32. The molecule has 0 aliphatic carbocycles. The number of aryl methyl sites for hydroxylation is 2. The first-order valence-corrected chi connectivity index (χ1v) is 7.79. The number of aliphatic carboxylic acids is 1. The van der Waals surface area contributed by atoms with Crippen LogP contribution >= 0.6 is 0 Å². The Bertz CT molecular complexity index is 485. The SMILES string of the molecule is CCCCCn1cc(CNC(=O)NCCCC(=O)O)c(C)n1. The van der Waals surface area contributed by atoms with Crippen molar-refractivity contribution in [2.75, 3.05) is 6.54 Å². The Kier molecular flexibility index (Phi) is 8.03. The Labute approximate surface area is 131 Å². The molecule has 1 rings (SSSR count). The topological polar surface area (TPSA) is 96.2 Å². The number of aromatic nitrogens is 2. The maximum absolute atomic E-state index is 11.6. The minimum Gasteiger partial charge on any atom is -0.481 e. The lowest BCUT2D eigenvalue weighted by Crippen LogP contribution is -2.35. The molecule has 124 valence electrons. The molecule has 2 amide bonds. The molecule has 0 radical (unpaired) electrons. The zero-order chi connectivity index (χ0) is 16.4. The lowest BCUT2D eigenvalue weighted by Gasteiger charge is -2.06. The second kappa shape index (κ2) is 9.81. The van der Waals surface area contributed by atoms with E-state index in [1.165, 1.54) is 12.8 Å². The van der Waals surface area contributed by atoms with E-state index >= 15 is 0 Å². The average Bonchev–Trinajstić information content (AvgIpc) is 2.82. The minimum atomic E-state index is -0.853. The third-order valence-corrected chi connectivity index (χ3v) is 3.33. The standard InChI is InChI=1S/C15H26N4O3/c1-3-4-5-9-19-11-13(12(2)18-19)10-17-15(22)16-8-6-7-14(20)21/h11H,3-10H2,1-2H3,(H,20,21)(H2,16,17,22). The first kappa shape index (κ1) is 18.0. The largest absolute Gasteiger partial charge is 0.481 e. The summed E-state index contributed by atoms with van der Waals surface area (Å²) in [6, 6.07) is -0.288. The molecule has 1 heterocycles. The van der Waals surface area contributed by atoms with Crippen LogP contribution in [0.25, 0.3) is 0 Å². The molecular weight excluding hydrogens is 284 g/mol. The third kappa shape index (κ3) is 7.10. The van der Waals surface area contributed by atoms with E-state index in [4.69, 9.17) is 5.11 Å². The molecule has 0 fully saturated rings. The van der Waals surface area contributed by atoms with E-state index in [1.54, 1.807) is 0 Å². The van der Waals surface area contributed by atoms with Crippen molar-refractivity contribution in [3.63, 3.8) is 0 Å². The van der Waals surface area contributed by atoms with Gasteiger partial charge in [0.15, 0.2) is 0 Å². The van der Waals surface area contributed by atoms with Gasteiger partial charge in [-0.2, -0.15) is 5.10 Å². The second-order valence-corrected chi connectivity index (χ2v) is 5.32. The number of nitrogens with zero attached hydrogens (tertiary/aromatic N) is 2. The molecule has 0 atom stereocenters. The smallest absolute Gasteiger partial charge is 0.315 e. The molecule has 0 unspecified atom stereocenters. The van der Waals surface area contributed by atoms with Crippen LogP contribution in [-0.2, 0) is 17.9 Å². The number of hydrogen-bond acceptors (Lipinski definition) is 3. The molecule has 0 saturated heterocycles. The zero-order valence-electron chi connectivity index (χ0n) is 13.4. The van der Waals surface area contributed by atoms with Gasteiger partial charge in [0, 0.05) is 37.8 Å². The number of carboxylic acid groups (broad SMARTS) is 1. The zero-order valence-corrected chi connectivity index (χ0v) is 13.4. The molecule has 3 N–H and O–H groups in total. The van der Waals surface area contributed by atoms with Gasteiger partial charge in [-0.1, -0.05) is 19.8 Å². The Morgan fingerprint density at radius 2 is 2.05 bits per heavy atom. The van der Waals surface area contributed by atoms with Crippen molar-refractivity contribution in [1.29, 1.82) is 0 Å². The van der Waals surface area contributed by atoms with Gasteiger partial charge in [0.1, 0.15) is 0 Å². The van der Waals surface area contributed by atoms with Crippen molar-refractivity contribution in [2.24, 2.45) is 0 Å². The number of hydrogen-bond donors (Lipinski definition) is 3. The summed E-state index contributed by atoms with van der Waals surface area (Å²) in [4.78, 5) is 21.9. The maximum atomic E-state index is 11.6. The maximum Gasteiger partial charge on any atom is 0.315 e. The molecule has 0 aliphatic rings. The van der Waals surface area contributed by atoms with Crippen molar-refractivity contribution in [2.45, 2.75) is 59.0 Å². The average molecular weight is 310 g/mol. The highest BCUT2D eigenvalue weighted by molar-refractivity contribution is 5.73. The molecular formula is C15H26N4O3. The molecule has 0 bridgehead atoms. The number of nitrogens with one attached hydrogen (secondary N) is 2. The van der Waals surface area contributed by atoms with Crippen molar-refractivity contribution >= 4 is 12.0 Å². The van der Waals surface area contributed by atoms with Crippen molar-refractivity contribution in [3.05, 3.63) is 17.5 Å². The molecule has 0 spiro atoms. The highest BCUT2D eigenvalue weighted by Crippen LogP contribution is 2.07. The highest BCUT2D eigenvalue weighted by Gasteiger charge is 2.07. The van der Waals surface area contributed by atoms with E-state index in [2.05, 4.69) is 22.7 Å².